The molecular formula is C27H20F5N5O2. The van der Waals surface area contributed by atoms with Gasteiger partial charge in [-0.05, 0) is 55.5 Å². The fraction of sp³-hybridized carbons (Fsp3) is 0.185. The first-order valence-electron chi connectivity index (χ1n) is 11.5. The molecule has 0 N–H and O–H groups in total. The number of halogens is 5. The zero-order valence-corrected chi connectivity index (χ0v) is 20.8. The van der Waals surface area contributed by atoms with Crippen molar-refractivity contribution in [2.24, 2.45) is 0 Å². The summed E-state index contributed by atoms with van der Waals surface area (Å²) < 4.78 is 81.6. The van der Waals surface area contributed by atoms with Crippen molar-refractivity contribution in [2.45, 2.75) is 19.5 Å². The lowest BCUT2D eigenvalue weighted by Gasteiger charge is -2.13. The van der Waals surface area contributed by atoms with E-state index in [1.807, 2.05) is 0 Å². The number of nitrogens with zero attached hydrogens (tertiary/aromatic N) is 5. The fourth-order valence-corrected chi connectivity index (χ4v) is 4.21. The lowest BCUT2D eigenvalue weighted by molar-refractivity contribution is -0.141. The highest BCUT2D eigenvalue weighted by atomic mass is 19.4. The van der Waals surface area contributed by atoms with Crippen molar-refractivity contribution in [3.8, 4) is 40.0 Å². The molecule has 0 aliphatic heterocycles. The van der Waals surface area contributed by atoms with Crippen molar-refractivity contribution in [3.05, 3.63) is 77.6 Å². The third kappa shape index (κ3) is 4.85. The van der Waals surface area contributed by atoms with E-state index >= 15 is 0 Å². The topological polar surface area (TPSA) is 75.0 Å². The lowest BCUT2D eigenvalue weighted by Crippen LogP contribution is -2.14. The SMILES string of the molecule is COc1ccc(-c2cc(C(F)(F)F)nc(-n3nc(C)c4c(C(F)F)cc(-c5ccccc5OC)nc43)n2)cc1. The molecule has 5 rings (SSSR count). The average molecular weight is 541 g/mol. The normalized spacial score (nSPS) is 11.8. The summed E-state index contributed by atoms with van der Waals surface area (Å²) in [5.74, 6) is 0.411. The van der Waals surface area contributed by atoms with Gasteiger partial charge in [-0.15, -0.1) is 0 Å². The van der Waals surface area contributed by atoms with Crippen LogP contribution in [0, 0.1) is 6.92 Å². The van der Waals surface area contributed by atoms with Crippen molar-refractivity contribution < 1.29 is 31.4 Å². The molecule has 0 saturated carbocycles. The van der Waals surface area contributed by atoms with Crippen LogP contribution in [-0.2, 0) is 6.18 Å². The molecule has 3 heterocycles. The summed E-state index contributed by atoms with van der Waals surface area (Å²) in [6.45, 7) is 1.47. The molecule has 0 fully saturated rings. The Morgan fingerprint density at radius 1 is 0.846 bits per heavy atom. The number of fused-ring (bicyclic) bond motifs is 1. The molecule has 5 aromatic rings. The van der Waals surface area contributed by atoms with Gasteiger partial charge in [0.1, 0.15) is 11.5 Å². The van der Waals surface area contributed by atoms with E-state index in [4.69, 9.17) is 9.47 Å². The van der Waals surface area contributed by atoms with Crippen LogP contribution in [0.3, 0.4) is 0 Å². The van der Waals surface area contributed by atoms with Gasteiger partial charge in [0.25, 0.3) is 12.4 Å². The molecule has 0 aliphatic rings. The molecule has 0 amide bonds. The number of methoxy groups -OCH3 is 2. The number of aromatic nitrogens is 5. The van der Waals surface area contributed by atoms with Crippen LogP contribution in [0.4, 0.5) is 22.0 Å². The summed E-state index contributed by atoms with van der Waals surface area (Å²) in [5, 5.41) is 4.24. The van der Waals surface area contributed by atoms with Crippen molar-refractivity contribution in [1.29, 1.82) is 0 Å². The maximum absolute atomic E-state index is 14.2. The minimum atomic E-state index is -4.82. The number of hydrogen-bond donors (Lipinski definition) is 0. The average Bonchev–Trinajstić information content (AvgIpc) is 3.28. The summed E-state index contributed by atoms with van der Waals surface area (Å²) in [6, 6.07) is 14.9. The third-order valence-electron chi connectivity index (χ3n) is 6.04. The number of aryl methyl sites for hydroxylation is 1. The van der Waals surface area contributed by atoms with Crippen LogP contribution >= 0.6 is 0 Å². The Balaban J connectivity index is 1.79. The van der Waals surface area contributed by atoms with Gasteiger partial charge in [0.05, 0.1) is 36.7 Å². The van der Waals surface area contributed by atoms with Crippen molar-refractivity contribution in [1.82, 2.24) is 24.7 Å². The van der Waals surface area contributed by atoms with E-state index in [0.29, 0.717) is 22.6 Å². The predicted molar refractivity (Wildman–Crippen MR) is 133 cm³/mol. The summed E-state index contributed by atoms with van der Waals surface area (Å²) in [7, 11) is 2.89. The summed E-state index contributed by atoms with van der Waals surface area (Å²) in [5.41, 5.74) is -0.753. The summed E-state index contributed by atoms with van der Waals surface area (Å²) in [4.78, 5) is 12.5. The minimum Gasteiger partial charge on any atom is -0.497 e. The second-order valence-corrected chi connectivity index (χ2v) is 8.46. The van der Waals surface area contributed by atoms with E-state index in [2.05, 4.69) is 20.1 Å². The van der Waals surface area contributed by atoms with Crippen LogP contribution in [0.25, 0.3) is 39.5 Å². The maximum Gasteiger partial charge on any atom is 0.433 e. The highest BCUT2D eigenvalue weighted by molar-refractivity contribution is 5.87. The molecule has 0 aliphatic carbocycles. The van der Waals surface area contributed by atoms with Gasteiger partial charge in [0, 0.05) is 16.7 Å². The van der Waals surface area contributed by atoms with Crippen LogP contribution in [0.15, 0.2) is 60.7 Å². The second kappa shape index (κ2) is 9.93. The quantitative estimate of drug-likeness (QED) is 0.220. The fourth-order valence-electron chi connectivity index (χ4n) is 4.21. The van der Waals surface area contributed by atoms with Crippen LogP contribution in [0.5, 0.6) is 11.5 Å². The van der Waals surface area contributed by atoms with Crippen molar-refractivity contribution in [2.75, 3.05) is 14.2 Å². The number of pyridine rings is 1. The van der Waals surface area contributed by atoms with E-state index < -0.39 is 24.2 Å². The Kier molecular flexibility index (Phi) is 6.62. The monoisotopic (exact) mass is 541 g/mol. The van der Waals surface area contributed by atoms with E-state index in [1.165, 1.54) is 27.2 Å². The van der Waals surface area contributed by atoms with E-state index in [9.17, 15) is 22.0 Å². The largest absolute Gasteiger partial charge is 0.497 e. The molecule has 0 unspecified atom stereocenters. The Morgan fingerprint density at radius 3 is 2.21 bits per heavy atom. The Labute approximate surface area is 218 Å². The van der Waals surface area contributed by atoms with Crippen LogP contribution in [0.2, 0.25) is 0 Å². The van der Waals surface area contributed by atoms with Gasteiger partial charge in [0.2, 0.25) is 0 Å². The maximum atomic E-state index is 14.2. The molecule has 0 saturated heterocycles. The van der Waals surface area contributed by atoms with Crippen LogP contribution in [0.1, 0.15) is 23.4 Å². The first-order chi connectivity index (χ1) is 18.6. The van der Waals surface area contributed by atoms with Gasteiger partial charge in [-0.3, -0.25) is 0 Å². The molecule has 0 atom stereocenters. The van der Waals surface area contributed by atoms with Crippen molar-refractivity contribution >= 4 is 11.0 Å². The molecule has 3 aromatic heterocycles. The first kappa shape index (κ1) is 26.0. The van der Waals surface area contributed by atoms with Gasteiger partial charge in [-0.2, -0.15) is 23.0 Å². The standard InChI is InChI=1S/C27H20F5N5O2/c1-14-23-18(24(28)29)12-20(17-6-4-5-7-21(17)39-3)33-25(23)37(36-14)26-34-19(13-22(35-26)27(30,31)32)15-8-10-16(38-2)11-9-15/h4-13,24H,1-3H3. The molecule has 200 valence electrons. The Bertz CT molecular complexity index is 1670. The molecular weight excluding hydrogens is 521 g/mol. The van der Waals surface area contributed by atoms with E-state index in [0.717, 1.165) is 10.7 Å². The van der Waals surface area contributed by atoms with E-state index in [-0.39, 0.29) is 33.7 Å². The number of para-hydroxylation sites is 1. The van der Waals surface area contributed by atoms with Crippen LogP contribution < -0.4 is 9.47 Å². The first-order valence-corrected chi connectivity index (χ1v) is 11.5. The number of rotatable bonds is 6. The Morgan fingerprint density at radius 2 is 1.56 bits per heavy atom. The highest BCUT2D eigenvalue weighted by Gasteiger charge is 2.34. The zero-order valence-electron chi connectivity index (χ0n) is 20.8. The minimum absolute atomic E-state index is 0.00402. The van der Waals surface area contributed by atoms with Gasteiger partial charge in [-0.25, -0.2) is 23.7 Å². The highest BCUT2D eigenvalue weighted by Crippen LogP contribution is 2.37. The number of benzene rings is 2. The lowest BCUT2D eigenvalue weighted by atomic mass is 10.0. The predicted octanol–water partition coefficient (Wildman–Crippen LogP) is 6.83. The molecule has 0 radical (unpaired) electrons. The molecule has 2 aromatic carbocycles. The molecule has 0 spiro atoms. The molecule has 12 heteroatoms. The summed E-state index contributed by atoms with van der Waals surface area (Å²) in [6.07, 6.45) is -7.74. The second-order valence-electron chi connectivity index (χ2n) is 8.46. The molecule has 39 heavy (non-hydrogen) atoms. The van der Waals surface area contributed by atoms with Gasteiger partial charge in [0.15, 0.2) is 11.3 Å². The van der Waals surface area contributed by atoms with Crippen molar-refractivity contribution in [3.63, 3.8) is 0 Å². The number of ether oxygens (including phenoxy) is 2. The third-order valence-corrected chi connectivity index (χ3v) is 6.04. The summed E-state index contributed by atoms with van der Waals surface area (Å²) >= 11 is 0. The van der Waals surface area contributed by atoms with Gasteiger partial charge in [-0.1, -0.05) is 12.1 Å². The molecule has 0 bridgehead atoms. The number of hydrogen-bond acceptors (Lipinski definition) is 6. The Hall–Kier alpha value is -4.61. The van der Waals surface area contributed by atoms with Gasteiger partial charge >= 0.3 is 6.18 Å². The number of alkyl halides is 5. The molecule has 7 nitrogen and oxygen atoms in total. The zero-order chi connectivity index (χ0) is 27.9. The van der Waals surface area contributed by atoms with E-state index in [1.54, 1.807) is 48.5 Å². The van der Waals surface area contributed by atoms with Gasteiger partial charge < -0.3 is 9.47 Å². The van der Waals surface area contributed by atoms with Crippen LogP contribution in [-0.4, -0.2) is 39.0 Å². The smallest absolute Gasteiger partial charge is 0.433 e.